The summed E-state index contributed by atoms with van der Waals surface area (Å²) in [5, 5.41) is 8.58. The van der Waals surface area contributed by atoms with E-state index >= 15 is 0 Å². The molecular weight excluding hydrogens is 156 g/mol. The second-order valence-electron chi connectivity index (χ2n) is 2.44. The summed E-state index contributed by atoms with van der Waals surface area (Å²) in [5.74, 6) is -1.08. The summed E-state index contributed by atoms with van der Waals surface area (Å²) in [4.78, 5) is 10.5. The van der Waals surface area contributed by atoms with E-state index in [1.807, 2.05) is 0 Å². The number of carbonyl (C=O) groups is 1. The summed E-state index contributed by atoms with van der Waals surface area (Å²) < 4.78 is 0. The average Bonchev–Trinajstić information content (AvgIpc) is 2.04. The summed E-state index contributed by atoms with van der Waals surface area (Å²) in [5.41, 5.74) is 11.7. The first-order valence-corrected chi connectivity index (χ1v) is 3.45. The molecule has 0 aliphatic carbocycles. The zero-order valence-corrected chi connectivity index (χ0v) is 6.40. The molecule has 64 valence electrons. The second-order valence-corrected chi connectivity index (χ2v) is 2.44. The van der Waals surface area contributed by atoms with E-state index in [4.69, 9.17) is 16.6 Å². The molecule has 4 heteroatoms. The van der Waals surface area contributed by atoms with Crippen molar-refractivity contribution >= 4 is 11.7 Å². The molecular formula is C8H10N2O2. The van der Waals surface area contributed by atoms with E-state index in [0.717, 1.165) is 0 Å². The van der Waals surface area contributed by atoms with Gasteiger partial charge in [0, 0.05) is 11.3 Å². The van der Waals surface area contributed by atoms with E-state index < -0.39 is 12.0 Å². The minimum atomic E-state index is -1.08. The van der Waals surface area contributed by atoms with E-state index in [1.165, 1.54) is 0 Å². The lowest BCUT2D eigenvalue weighted by atomic mass is 10.1. The molecule has 0 spiro atoms. The van der Waals surface area contributed by atoms with Gasteiger partial charge in [-0.15, -0.1) is 0 Å². The van der Waals surface area contributed by atoms with Crippen molar-refractivity contribution in [2.45, 2.75) is 6.04 Å². The van der Waals surface area contributed by atoms with Gasteiger partial charge in [-0.05, 0) is 6.07 Å². The maximum absolute atomic E-state index is 10.5. The smallest absolute Gasteiger partial charge is 0.325 e. The molecule has 0 aromatic heterocycles. The van der Waals surface area contributed by atoms with Crippen molar-refractivity contribution in [3.63, 3.8) is 0 Å². The zero-order valence-electron chi connectivity index (χ0n) is 6.40. The summed E-state index contributed by atoms with van der Waals surface area (Å²) >= 11 is 0. The first-order valence-electron chi connectivity index (χ1n) is 3.45. The number of nitrogen functional groups attached to an aromatic ring is 1. The Morgan fingerprint density at radius 3 is 2.50 bits per heavy atom. The van der Waals surface area contributed by atoms with Crippen LogP contribution in [0.15, 0.2) is 24.3 Å². The molecule has 12 heavy (non-hydrogen) atoms. The minimum absolute atomic E-state index is 0.410. The van der Waals surface area contributed by atoms with Crippen LogP contribution < -0.4 is 11.5 Å². The topological polar surface area (TPSA) is 89.3 Å². The SMILES string of the molecule is Nc1ccccc1[C@@H](N)C(=O)O. The average molecular weight is 166 g/mol. The number of aliphatic carboxylic acids is 1. The number of carboxylic acid groups (broad SMARTS) is 1. The Kier molecular flexibility index (Phi) is 2.30. The van der Waals surface area contributed by atoms with Crippen LogP contribution in [0.4, 0.5) is 5.69 Å². The fourth-order valence-corrected chi connectivity index (χ4v) is 0.927. The van der Waals surface area contributed by atoms with E-state index in [9.17, 15) is 4.79 Å². The Labute approximate surface area is 69.8 Å². The van der Waals surface area contributed by atoms with Crippen molar-refractivity contribution in [3.05, 3.63) is 29.8 Å². The Bertz CT molecular complexity index is 299. The van der Waals surface area contributed by atoms with Gasteiger partial charge in [-0.2, -0.15) is 0 Å². The zero-order chi connectivity index (χ0) is 9.14. The molecule has 0 saturated carbocycles. The van der Waals surface area contributed by atoms with Crippen LogP contribution in [-0.2, 0) is 4.79 Å². The van der Waals surface area contributed by atoms with Crippen LogP contribution in [0.25, 0.3) is 0 Å². The Morgan fingerprint density at radius 1 is 1.42 bits per heavy atom. The highest BCUT2D eigenvalue weighted by Gasteiger charge is 2.15. The largest absolute Gasteiger partial charge is 0.480 e. The van der Waals surface area contributed by atoms with E-state index in [1.54, 1.807) is 24.3 Å². The first-order chi connectivity index (χ1) is 5.63. The summed E-state index contributed by atoms with van der Waals surface area (Å²) in [6.45, 7) is 0. The van der Waals surface area contributed by atoms with Crippen LogP contribution >= 0.6 is 0 Å². The molecule has 1 atom stereocenters. The predicted octanol–water partition coefficient (Wildman–Crippen LogP) is 0.353. The molecule has 1 aromatic carbocycles. The summed E-state index contributed by atoms with van der Waals surface area (Å²) in [6.07, 6.45) is 0. The third kappa shape index (κ3) is 1.54. The van der Waals surface area contributed by atoms with Gasteiger partial charge < -0.3 is 16.6 Å². The molecule has 0 amide bonds. The predicted molar refractivity (Wildman–Crippen MR) is 45.4 cm³/mol. The van der Waals surface area contributed by atoms with Crippen LogP contribution in [0, 0.1) is 0 Å². The van der Waals surface area contributed by atoms with Crippen molar-refractivity contribution in [1.82, 2.24) is 0 Å². The lowest BCUT2D eigenvalue weighted by molar-refractivity contribution is -0.138. The van der Waals surface area contributed by atoms with E-state index in [0.29, 0.717) is 11.3 Å². The normalized spacial score (nSPS) is 12.4. The van der Waals surface area contributed by atoms with Gasteiger partial charge in [0.05, 0.1) is 0 Å². The van der Waals surface area contributed by atoms with Crippen LogP contribution in [0.2, 0.25) is 0 Å². The second kappa shape index (κ2) is 3.23. The van der Waals surface area contributed by atoms with Gasteiger partial charge >= 0.3 is 5.97 Å². The highest BCUT2D eigenvalue weighted by Crippen LogP contribution is 2.17. The van der Waals surface area contributed by atoms with Crippen LogP contribution in [0.5, 0.6) is 0 Å². The summed E-state index contributed by atoms with van der Waals surface area (Å²) in [7, 11) is 0. The lowest BCUT2D eigenvalue weighted by Crippen LogP contribution is -2.21. The van der Waals surface area contributed by atoms with Gasteiger partial charge in [0.25, 0.3) is 0 Å². The molecule has 0 radical (unpaired) electrons. The molecule has 1 aromatic rings. The van der Waals surface area contributed by atoms with Crippen molar-refractivity contribution in [1.29, 1.82) is 0 Å². The maximum Gasteiger partial charge on any atom is 0.325 e. The third-order valence-electron chi connectivity index (χ3n) is 1.60. The molecule has 0 bridgehead atoms. The molecule has 4 nitrogen and oxygen atoms in total. The number of hydrogen-bond donors (Lipinski definition) is 3. The van der Waals surface area contributed by atoms with E-state index in [2.05, 4.69) is 0 Å². The number of carboxylic acids is 1. The molecule has 0 saturated heterocycles. The van der Waals surface area contributed by atoms with Crippen molar-refractivity contribution < 1.29 is 9.90 Å². The molecule has 1 rings (SSSR count). The summed E-state index contributed by atoms with van der Waals surface area (Å²) in [6, 6.07) is 5.62. The number of hydrogen-bond acceptors (Lipinski definition) is 3. The molecule has 0 heterocycles. The van der Waals surface area contributed by atoms with E-state index in [-0.39, 0.29) is 0 Å². The Hall–Kier alpha value is -1.55. The fraction of sp³-hybridized carbons (Fsp3) is 0.125. The monoisotopic (exact) mass is 166 g/mol. The first kappa shape index (κ1) is 8.55. The Morgan fingerprint density at radius 2 is 2.00 bits per heavy atom. The number of para-hydroxylation sites is 1. The molecule has 0 fully saturated rings. The lowest BCUT2D eigenvalue weighted by Gasteiger charge is -2.08. The van der Waals surface area contributed by atoms with Crippen LogP contribution in [0.3, 0.4) is 0 Å². The van der Waals surface area contributed by atoms with Crippen molar-refractivity contribution in [2.75, 3.05) is 5.73 Å². The highest BCUT2D eigenvalue weighted by molar-refractivity contribution is 5.77. The Balaban J connectivity index is 3.02. The van der Waals surface area contributed by atoms with Crippen molar-refractivity contribution in [3.8, 4) is 0 Å². The van der Waals surface area contributed by atoms with Gasteiger partial charge in [0.2, 0.25) is 0 Å². The number of nitrogens with two attached hydrogens (primary N) is 2. The molecule has 0 aliphatic rings. The van der Waals surface area contributed by atoms with Gasteiger partial charge in [-0.25, -0.2) is 0 Å². The molecule has 5 N–H and O–H groups in total. The quantitative estimate of drug-likeness (QED) is 0.553. The van der Waals surface area contributed by atoms with Crippen LogP contribution in [-0.4, -0.2) is 11.1 Å². The van der Waals surface area contributed by atoms with Crippen molar-refractivity contribution in [2.24, 2.45) is 5.73 Å². The molecule has 0 unspecified atom stereocenters. The number of rotatable bonds is 2. The van der Waals surface area contributed by atoms with Gasteiger partial charge in [-0.3, -0.25) is 4.79 Å². The number of anilines is 1. The maximum atomic E-state index is 10.5. The fourth-order valence-electron chi connectivity index (χ4n) is 0.927. The van der Waals surface area contributed by atoms with Crippen LogP contribution in [0.1, 0.15) is 11.6 Å². The molecule has 0 aliphatic heterocycles. The highest BCUT2D eigenvalue weighted by atomic mass is 16.4. The standard InChI is InChI=1S/C8H10N2O2/c9-6-4-2-1-3-5(6)7(10)8(11)12/h1-4,7H,9-10H2,(H,11,12)/t7-/m1/s1. The minimum Gasteiger partial charge on any atom is -0.480 e. The van der Waals surface area contributed by atoms with Gasteiger partial charge in [0.15, 0.2) is 0 Å². The van der Waals surface area contributed by atoms with Gasteiger partial charge in [-0.1, -0.05) is 18.2 Å². The number of benzene rings is 1. The third-order valence-corrected chi connectivity index (χ3v) is 1.60. The van der Waals surface area contributed by atoms with Gasteiger partial charge in [0.1, 0.15) is 6.04 Å².